The predicted molar refractivity (Wildman–Crippen MR) is 422 cm³/mol. The Morgan fingerprint density at radius 3 is 0.860 bits per heavy atom. The summed E-state index contributed by atoms with van der Waals surface area (Å²) in [5.41, 5.74) is 1.68. The van der Waals surface area contributed by atoms with Crippen molar-refractivity contribution in [1.82, 2.24) is 59.8 Å². The molecule has 606 valence electrons. The number of nitrogens with zero attached hydrogens (tertiary/aromatic N) is 6. The molecule has 0 saturated carbocycles. The Balaban J connectivity index is 0.000000181. The van der Waals surface area contributed by atoms with E-state index in [-0.39, 0.29) is 107 Å². The lowest BCUT2D eigenvalue weighted by Gasteiger charge is -2.25. The summed E-state index contributed by atoms with van der Waals surface area (Å²) in [5, 5.41) is 18.5. The highest BCUT2D eigenvalue weighted by atomic mass is 32.2. The number of rotatable bonds is 24. The molecule has 3 saturated heterocycles. The standard InChI is InChI=1S/3C27H32N4O6S/c3*1-17(2)14-20(29-27(34)23-15-19-8-4-5-9-22(19)37-23)26(33)30-25-18(3)11-13-31(16-21(25)32)38(35,36)24-10-6-7-12-28-24/h3*4-10,12,15,17-18,20,25H,11,13-14,16H2,1-3H3,(H,29,34)(H,30,33)/t18-,20+,25+;18-,20+,25-;18-,20-,25+/m110/s1. The Morgan fingerprint density at radius 2 is 0.632 bits per heavy atom. The fraction of sp³-hybridized carbons (Fsp3) is 0.407. The molecule has 3 aromatic carbocycles. The third-order valence-corrected chi connectivity index (χ3v) is 25.1. The maximum absolute atomic E-state index is 13.3. The molecule has 0 unspecified atom stereocenters. The number of amides is 6. The minimum absolute atomic E-state index is 0.0722. The molecule has 9 aromatic rings. The van der Waals surface area contributed by atoms with Gasteiger partial charge in [0.15, 0.2) is 49.7 Å². The van der Waals surface area contributed by atoms with Gasteiger partial charge in [-0.05, 0) is 147 Å². The molecule has 33 heteroatoms. The average Bonchev–Trinajstić information content (AvgIpc) is 1.43. The van der Waals surface area contributed by atoms with Crippen LogP contribution in [0.1, 0.15) is 133 Å². The van der Waals surface area contributed by atoms with E-state index in [1.807, 2.05) is 77.9 Å². The zero-order valence-corrected chi connectivity index (χ0v) is 67.2. The molecule has 12 rings (SSSR count). The first-order chi connectivity index (χ1) is 54.2. The number of aromatic nitrogens is 3. The number of carbonyl (C=O) groups is 9. The lowest BCUT2D eigenvalue weighted by atomic mass is 9.95. The minimum Gasteiger partial charge on any atom is -0.451 e. The molecule has 0 radical (unpaired) electrons. The topological polar surface area (TPSA) is 416 Å². The Labute approximate surface area is 661 Å². The van der Waals surface area contributed by atoms with Gasteiger partial charge in [-0.25, -0.2) is 40.2 Å². The number of para-hydroxylation sites is 3. The molecule has 6 amide bonds. The number of furan rings is 3. The number of hydrogen-bond acceptors (Lipinski definition) is 21. The van der Waals surface area contributed by atoms with Gasteiger partial charge < -0.3 is 45.2 Å². The van der Waals surface area contributed by atoms with Crippen LogP contribution >= 0.6 is 0 Å². The van der Waals surface area contributed by atoms with Gasteiger partial charge in [-0.2, -0.15) is 12.9 Å². The van der Waals surface area contributed by atoms with Crippen LogP contribution in [-0.2, 0) is 58.8 Å². The molecule has 0 aliphatic carbocycles. The maximum Gasteiger partial charge on any atom is 0.287 e. The van der Waals surface area contributed by atoms with Crippen molar-refractivity contribution in [3.05, 3.63) is 181 Å². The molecule has 0 bridgehead atoms. The van der Waals surface area contributed by atoms with E-state index >= 15 is 0 Å². The maximum atomic E-state index is 13.3. The van der Waals surface area contributed by atoms with Crippen molar-refractivity contribution in [2.24, 2.45) is 35.5 Å². The zero-order valence-electron chi connectivity index (χ0n) is 64.8. The number of benzene rings is 3. The van der Waals surface area contributed by atoms with Crippen LogP contribution in [0.4, 0.5) is 0 Å². The smallest absolute Gasteiger partial charge is 0.287 e. The fourth-order valence-corrected chi connectivity index (χ4v) is 17.6. The monoisotopic (exact) mass is 1620 g/mol. The second-order valence-corrected chi connectivity index (χ2v) is 35.7. The first-order valence-corrected chi connectivity index (χ1v) is 42.1. The number of hydrogen-bond donors (Lipinski definition) is 6. The second-order valence-electron chi connectivity index (χ2n) is 30.1. The van der Waals surface area contributed by atoms with Gasteiger partial charge in [-0.1, -0.05) is 135 Å². The number of nitrogens with one attached hydrogen (secondary N) is 6. The number of ketones is 3. The summed E-state index contributed by atoms with van der Waals surface area (Å²) in [6, 6.07) is 34.7. The minimum atomic E-state index is -3.96. The first-order valence-electron chi connectivity index (χ1n) is 37.8. The van der Waals surface area contributed by atoms with Crippen LogP contribution < -0.4 is 31.9 Å². The van der Waals surface area contributed by atoms with Crippen molar-refractivity contribution in [2.45, 2.75) is 152 Å². The molecule has 6 aromatic heterocycles. The second kappa shape index (κ2) is 38.0. The number of pyridine rings is 3. The van der Waals surface area contributed by atoms with E-state index in [1.54, 1.807) is 112 Å². The molecule has 3 fully saturated rings. The van der Waals surface area contributed by atoms with Crippen LogP contribution in [0.25, 0.3) is 32.9 Å². The van der Waals surface area contributed by atoms with Crippen molar-refractivity contribution < 1.29 is 81.7 Å². The normalized spacial score (nSPS) is 19.7. The average molecular weight is 1620 g/mol. The molecule has 0 spiro atoms. The van der Waals surface area contributed by atoms with Crippen molar-refractivity contribution in [1.29, 1.82) is 0 Å². The number of fused-ring (bicyclic) bond motifs is 3. The van der Waals surface area contributed by atoms with Crippen LogP contribution in [0.15, 0.2) is 193 Å². The van der Waals surface area contributed by atoms with Crippen LogP contribution in [0.3, 0.4) is 0 Å². The fourth-order valence-electron chi connectivity index (χ4n) is 13.6. The van der Waals surface area contributed by atoms with Crippen LogP contribution in [0, 0.1) is 35.5 Å². The van der Waals surface area contributed by atoms with Gasteiger partial charge in [-0.15, -0.1) is 0 Å². The van der Waals surface area contributed by atoms with Gasteiger partial charge >= 0.3 is 0 Å². The molecule has 114 heavy (non-hydrogen) atoms. The summed E-state index contributed by atoms with van der Waals surface area (Å²) in [6.07, 6.45) is 6.26. The van der Waals surface area contributed by atoms with E-state index < -0.39 is 119 Å². The van der Waals surface area contributed by atoms with Gasteiger partial charge in [0, 0.05) is 54.4 Å². The van der Waals surface area contributed by atoms with E-state index in [9.17, 15) is 68.4 Å². The zero-order chi connectivity index (χ0) is 82.3. The van der Waals surface area contributed by atoms with Crippen molar-refractivity contribution >= 4 is 116 Å². The SMILES string of the molecule is CC(C)C[C@H](NC(=O)c1cc2ccccc2o1)C(=O)N[C@@H]1C(=O)CN(S(=O)(=O)c2ccccn2)CC[C@H]1C.CC(C)C[C@H](NC(=O)c1cc2ccccc2o1)C(=O)N[C@H]1C(=O)CN(S(=O)(=O)c2ccccn2)CC[C@@H]1C.CC(C)C[C@H](NC(=O)c1cc2ccccc2o1)C(=O)N[C@H]1C(=O)CN(S(=O)(=O)c2ccccn2)CC[C@H]1C. The summed E-state index contributed by atoms with van der Waals surface area (Å²) < 4.78 is 98.4. The van der Waals surface area contributed by atoms with E-state index in [0.717, 1.165) is 29.1 Å². The first kappa shape index (κ1) is 85.7. The summed E-state index contributed by atoms with van der Waals surface area (Å²) in [7, 11) is -11.9. The lowest BCUT2D eigenvalue weighted by molar-refractivity contribution is -0.129. The van der Waals surface area contributed by atoms with Crippen molar-refractivity contribution in [3.8, 4) is 0 Å². The van der Waals surface area contributed by atoms with Gasteiger partial charge in [0.25, 0.3) is 47.8 Å². The third-order valence-electron chi connectivity index (χ3n) is 19.8. The highest BCUT2D eigenvalue weighted by Crippen LogP contribution is 2.28. The van der Waals surface area contributed by atoms with Gasteiger partial charge in [0.2, 0.25) is 17.7 Å². The van der Waals surface area contributed by atoms with Gasteiger partial charge in [0.1, 0.15) is 34.9 Å². The molecule has 3 aliphatic rings. The lowest BCUT2D eigenvalue weighted by Crippen LogP contribution is -2.54. The Hall–Kier alpha value is -10.7. The molecule has 9 atom stereocenters. The Kier molecular flexibility index (Phi) is 28.5. The molecular formula is C81H96N12O18S3. The van der Waals surface area contributed by atoms with E-state index in [4.69, 9.17) is 13.3 Å². The molecular weight excluding hydrogens is 1530 g/mol. The van der Waals surface area contributed by atoms with E-state index in [2.05, 4.69) is 46.9 Å². The molecule has 3 aliphatic heterocycles. The van der Waals surface area contributed by atoms with Crippen molar-refractivity contribution in [2.75, 3.05) is 39.3 Å². The van der Waals surface area contributed by atoms with Crippen LogP contribution in [0.5, 0.6) is 0 Å². The Bertz CT molecular complexity index is 4680. The summed E-state index contributed by atoms with van der Waals surface area (Å²) in [6.45, 7) is 16.2. The van der Waals surface area contributed by atoms with Gasteiger partial charge in [0.05, 0.1) is 37.8 Å². The van der Waals surface area contributed by atoms with Crippen molar-refractivity contribution in [3.63, 3.8) is 0 Å². The molecule has 9 heterocycles. The largest absolute Gasteiger partial charge is 0.451 e. The highest BCUT2D eigenvalue weighted by molar-refractivity contribution is 7.89. The van der Waals surface area contributed by atoms with E-state index in [0.29, 0.717) is 55.3 Å². The quantitative estimate of drug-likeness (QED) is 0.0331. The Morgan fingerprint density at radius 1 is 0.386 bits per heavy atom. The number of carbonyl (C=O) groups excluding carboxylic acids is 9. The third kappa shape index (κ3) is 21.6. The van der Waals surface area contributed by atoms with Gasteiger partial charge in [-0.3, -0.25) is 43.2 Å². The summed E-state index contributed by atoms with van der Waals surface area (Å²) in [4.78, 5) is 130. The summed E-state index contributed by atoms with van der Waals surface area (Å²) >= 11 is 0. The highest BCUT2D eigenvalue weighted by Gasteiger charge is 2.42. The number of sulfonamides is 3. The van der Waals surface area contributed by atoms with E-state index in [1.165, 1.54) is 36.8 Å². The van der Waals surface area contributed by atoms with Crippen LogP contribution in [-0.4, -0.2) is 181 Å². The molecule has 30 nitrogen and oxygen atoms in total. The molecule has 6 N–H and O–H groups in total. The van der Waals surface area contributed by atoms with Crippen LogP contribution in [0.2, 0.25) is 0 Å². The predicted octanol–water partition coefficient (Wildman–Crippen LogP) is 8.27. The summed E-state index contributed by atoms with van der Waals surface area (Å²) in [5.74, 6) is -4.86. The number of Topliss-reactive ketones (excluding diaryl/α,β-unsaturated/α-hetero) is 3.